The fourth-order valence-corrected chi connectivity index (χ4v) is 3.77. The number of hydrogen-bond acceptors (Lipinski definition) is 4. The molecule has 1 atom stereocenters. The summed E-state index contributed by atoms with van der Waals surface area (Å²) in [5, 5.41) is 2.94. The molecule has 0 spiro atoms. The highest BCUT2D eigenvalue weighted by molar-refractivity contribution is 5.92. The van der Waals surface area contributed by atoms with Gasteiger partial charge >= 0.3 is 5.69 Å². The van der Waals surface area contributed by atoms with Crippen LogP contribution in [0.25, 0.3) is 0 Å². The number of hydrogen-bond donors (Lipinski definition) is 1. The van der Waals surface area contributed by atoms with Crippen molar-refractivity contribution in [2.75, 3.05) is 19.6 Å². The normalized spacial score (nSPS) is 16.4. The van der Waals surface area contributed by atoms with E-state index in [2.05, 4.69) is 22.3 Å². The molecule has 28 heavy (non-hydrogen) atoms. The molecule has 7 nitrogen and oxygen atoms in total. The minimum Gasteiger partial charge on any atom is -0.349 e. The van der Waals surface area contributed by atoms with Gasteiger partial charge in [0.25, 0.3) is 11.5 Å². The number of amides is 1. The number of carbonyl (C=O) groups excluding carboxylic acids is 1. The van der Waals surface area contributed by atoms with Gasteiger partial charge in [0.15, 0.2) is 0 Å². The molecule has 1 aliphatic rings. The van der Waals surface area contributed by atoms with Gasteiger partial charge in [0.05, 0.1) is 6.04 Å². The Morgan fingerprint density at radius 1 is 1.00 bits per heavy atom. The summed E-state index contributed by atoms with van der Waals surface area (Å²) >= 11 is 0. The first-order valence-corrected chi connectivity index (χ1v) is 9.83. The summed E-state index contributed by atoms with van der Waals surface area (Å²) in [5.41, 5.74) is 0.239. The van der Waals surface area contributed by atoms with Crippen LogP contribution in [-0.4, -0.2) is 39.6 Å². The van der Waals surface area contributed by atoms with Gasteiger partial charge in [-0.3, -0.25) is 23.6 Å². The maximum absolute atomic E-state index is 12.7. The van der Waals surface area contributed by atoms with Gasteiger partial charge in [-0.25, -0.2) is 4.79 Å². The molecule has 1 saturated heterocycles. The highest BCUT2D eigenvalue weighted by Crippen LogP contribution is 2.23. The van der Waals surface area contributed by atoms with Crippen molar-refractivity contribution in [2.45, 2.75) is 31.7 Å². The largest absolute Gasteiger partial charge is 0.349 e. The molecule has 1 amide bonds. The molecular weight excluding hydrogens is 356 g/mol. The quantitative estimate of drug-likeness (QED) is 0.846. The summed E-state index contributed by atoms with van der Waals surface area (Å²) in [7, 11) is 2.90. The van der Waals surface area contributed by atoms with Crippen molar-refractivity contribution in [1.29, 1.82) is 0 Å². The van der Waals surface area contributed by atoms with Crippen molar-refractivity contribution >= 4 is 5.91 Å². The zero-order chi connectivity index (χ0) is 20.1. The number of rotatable bonds is 5. The molecule has 0 radical (unpaired) electrons. The van der Waals surface area contributed by atoms with Crippen LogP contribution >= 0.6 is 0 Å². The third-order valence-electron chi connectivity index (χ3n) is 5.48. The average molecular weight is 384 g/mol. The lowest BCUT2D eigenvalue weighted by Crippen LogP contribution is -2.43. The molecule has 2 aromatic rings. The molecule has 1 aromatic carbocycles. The SMILES string of the molecule is Cn1c(C(=O)NC[C@@H](c2ccccc2)N2CCCCCC2)cc(=O)n(C)c1=O. The molecule has 0 bridgehead atoms. The number of aromatic nitrogens is 2. The van der Waals surface area contributed by atoms with Gasteiger partial charge in [-0.2, -0.15) is 0 Å². The van der Waals surface area contributed by atoms with E-state index in [0.29, 0.717) is 6.54 Å². The van der Waals surface area contributed by atoms with Crippen LogP contribution in [0, 0.1) is 0 Å². The average Bonchev–Trinajstić information content (AvgIpc) is 2.99. The van der Waals surface area contributed by atoms with E-state index in [1.807, 2.05) is 18.2 Å². The van der Waals surface area contributed by atoms with Crippen LogP contribution < -0.4 is 16.6 Å². The van der Waals surface area contributed by atoms with Crippen LogP contribution in [0.5, 0.6) is 0 Å². The Balaban J connectivity index is 1.81. The molecule has 1 aromatic heterocycles. The molecule has 0 saturated carbocycles. The van der Waals surface area contributed by atoms with Crippen LogP contribution in [0.2, 0.25) is 0 Å². The van der Waals surface area contributed by atoms with E-state index < -0.39 is 17.2 Å². The fourth-order valence-electron chi connectivity index (χ4n) is 3.77. The topological polar surface area (TPSA) is 76.3 Å². The number of nitrogens with zero attached hydrogens (tertiary/aromatic N) is 3. The number of benzene rings is 1. The molecule has 3 rings (SSSR count). The molecule has 7 heteroatoms. The van der Waals surface area contributed by atoms with Crippen molar-refractivity contribution in [3.63, 3.8) is 0 Å². The first kappa shape index (κ1) is 20.1. The first-order valence-electron chi connectivity index (χ1n) is 9.83. The molecule has 1 aliphatic heterocycles. The van der Waals surface area contributed by atoms with E-state index in [4.69, 9.17) is 0 Å². The highest BCUT2D eigenvalue weighted by atomic mass is 16.2. The van der Waals surface area contributed by atoms with Crippen LogP contribution in [-0.2, 0) is 14.1 Å². The second kappa shape index (κ2) is 9.01. The van der Waals surface area contributed by atoms with E-state index in [9.17, 15) is 14.4 Å². The third kappa shape index (κ3) is 4.42. The van der Waals surface area contributed by atoms with Crippen molar-refractivity contribution < 1.29 is 4.79 Å². The molecular formula is C21H28N4O3. The Labute approximate surface area is 164 Å². The molecule has 0 unspecified atom stereocenters. The predicted octanol–water partition coefficient (Wildman–Crippen LogP) is 1.43. The van der Waals surface area contributed by atoms with Gasteiger partial charge in [-0.15, -0.1) is 0 Å². The summed E-state index contributed by atoms with van der Waals surface area (Å²) in [5.74, 6) is -0.409. The minimum atomic E-state index is -0.509. The molecule has 1 fully saturated rings. The first-order chi connectivity index (χ1) is 13.5. The van der Waals surface area contributed by atoms with E-state index in [-0.39, 0.29) is 11.7 Å². The molecule has 1 N–H and O–H groups in total. The van der Waals surface area contributed by atoms with Crippen molar-refractivity contribution in [3.8, 4) is 0 Å². The van der Waals surface area contributed by atoms with E-state index in [1.54, 1.807) is 0 Å². The summed E-state index contributed by atoms with van der Waals surface area (Å²) in [4.78, 5) is 39.2. The monoisotopic (exact) mass is 384 g/mol. The van der Waals surface area contributed by atoms with Gasteiger partial charge in [-0.1, -0.05) is 43.2 Å². The standard InChI is InChI=1S/C21H28N4O3/c1-23-17(14-19(26)24(2)21(23)28)20(27)22-15-18(16-10-6-5-7-11-16)25-12-8-3-4-9-13-25/h5-7,10-11,14,18H,3-4,8-9,12-13,15H2,1-2H3,(H,22,27)/t18-/m0/s1. The molecule has 2 heterocycles. The maximum atomic E-state index is 12.7. The Morgan fingerprint density at radius 2 is 1.64 bits per heavy atom. The third-order valence-corrected chi connectivity index (χ3v) is 5.48. The lowest BCUT2D eigenvalue weighted by atomic mass is 10.0. The van der Waals surface area contributed by atoms with Gasteiger partial charge < -0.3 is 5.32 Å². The van der Waals surface area contributed by atoms with E-state index in [0.717, 1.165) is 36.1 Å². The highest BCUT2D eigenvalue weighted by Gasteiger charge is 2.23. The second-order valence-electron chi connectivity index (χ2n) is 7.36. The number of likely N-dealkylation sites (tertiary alicyclic amines) is 1. The fraction of sp³-hybridized carbons (Fsp3) is 0.476. The Bertz CT molecular complexity index is 925. The van der Waals surface area contributed by atoms with E-state index in [1.165, 1.54) is 37.6 Å². The van der Waals surface area contributed by atoms with E-state index >= 15 is 0 Å². The maximum Gasteiger partial charge on any atom is 0.331 e. The zero-order valence-corrected chi connectivity index (χ0v) is 16.6. The number of carbonyl (C=O) groups is 1. The lowest BCUT2D eigenvalue weighted by molar-refractivity contribution is 0.0923. The van der Waals surface area contributed by atoms with Crippen molar-refractivity contribution in [1.82, 2.24) is 19.4 Å². The van der Waals surface area contributed by atoms with Crippen LogP contribution in [0.1, 0.15) is 47.8 Å². The van der Waals surface area contributed by atoms with Crippen molar-refractivity contribution in [2.24, 2.45) is 14.1 Å². The second-order valence-corrected chi connectivity index (χ2v) is 7.36. The number of nitrogens with one attached hydrogen (secondary N) is 1. The smallest absolute Gasteiger partial charge is 0.331 e. The zero-order valence-electron chi connectivity index (χ0n) is 16.6. The summed E-state index contributed by atoms with van der Waals surface area (Å²) < 4.78 is 2.20. The summed E-state index contributed by atoms with van der Waals surface area (Å²) in [6, 6.07) is 11.4. The summed E-state index contributed by atoms with van der Waals surface area (Å²) in [6.07, 6.45) is 4.78. The van der Waals surface area contributed by atoms with Crippen molar-refractivity contribution in [3.05, 3.63) is 68.5 Å². The Morgan fingerprint density at radius 3 is 2.29 bits per heavy atom. The Kier molecular flexibility index (Phi) is 6.46. The van der Waals surface area contributed by atoms with Crippen LogP contribution in [0.4, 0.5) is 0 Å². The lowest BCUT2D eigenvalue weighted by Gasteiger charge is -2.31. The minimum absolute atomic E-state index is 0.0619. The van der Waals surface area contributed by atoms with Gasteiger partial charge in [0.1, 0.15) is 5.69 Å². The molecule has 150 valence electrons. The molecule has 0 aliphatic carbocycles. The predicted molar refractivity (Wildman–Crippen MR) is 108 cm³/mol. The van der Waals surface area contributed by atoms with Crippen LogP contribution in [0.15, 0.2) is 46.0 Å². The van der Waals surface area contributed by atoms with Gasteiger partial charge in [-0.05, 0) is 31.5 Å². The van der Waals surface area contributed by atoms with Gasteiger partial charge in [0.2, 0.25) is 0 Å². The Hall–Kier alpha value is -2.67. The van der Waals surface area contributed by atoms with Gasteiger partial charge in [0, 0.05) is 26.7 Å². The van der Waals surface area contributed by atoms with Crippen LogP contribution in [0.3, 0.4) is 0 Å². The summed E-state index contributed by atoms with van der Waals surface area (Å²) in [6.45, 7) is 2.42.